The fourth-order valence-corrected chi connectivity index (χ4v) is 2.31. The fraction of sp³-hybridized carbons (Fsp3) is 0.0556. The van der Waals surface area contributed by atoms with Gasteiger partial charge in [0.2, 0.25) is 6.54 Å². The highest BCUT2D eigenvalue weighted by atomic mass is 35.5. The molecule has 1 N–H and O–H groups in total. The zero-order valence-electron chi connectivity index (χ0n) is 12.2. The number of amides is 1. The van der Waals surface area contributed by atoms with E-state index in [1.807, 2.05) is 47.3 Å². The number of hydrogen-bond acceptors (Lipinski definition) is 2. The zero-order chi connectivity index (χ0) is 15.4. The molecule has 5 heteroatoms. The molecule has 0 aliphatic carbocycles. The second-order valence-corrected chi connectivity index (χ2v) is 4.99. The summed E-state index contributed by atoms with van der Waals surface area (Å²) in [4.78, 5) is 12.1. The minimum absolute atomic E-state index is 0. The van der Waals surface area contributed by atoms with Crippen LogP contribution >= 0.6 is 0 Å². The van der Waals surface area contributed by atoms with Crippen molar-refractivity contribution in [1.82, 2.24) is 0 Å². The normalized spacial score (nSPS) is 9.70. The molecular formula is C18H14ClN3O. The van der Waals surface area contributed by atoms with Crippen LogP contribution in [0.1, 0.15) is 5.56 Å². The number of halogens is 1. The molecule has 114 valence electrons. The summed E-state index contributed by atoms with van der Waals surface area (Å²) >= 11 is 0. The molecule has 0 unspecified atom stereocenters. The molecule has 1 aromatic heterocycles. The molecule has 0 saturated heterocycles. The first-order chi connectivity index (χ1) is 10.7. The maximum atomic E-state index is 12.1. The van der Waals surface area contributed by atoms with Gasteiger partial charge in [0, 0.05) is 17.1 Å². The molecule has 1 amide bonds. The predicted molar refractivity (Wildman–Crippen MR) is 83.9 cm³/mol. The maximum Gasteiger partial charge on any atom is 0.290 e. The molecule has 0 bridgehead atoms. The average Bonchev–Trinajstić information content (AvgIpc) is 2.55. The second kappa shape index (κ2) is 7.39. The molecule has 0 radical (unpaired) electrons. The van der Waals surface area contributed by atoms with Crippen LogP contribution in [0.2, 0.25) is 0 Å². The molecule has 3 aromatic rings. The quantitative estimate of drug-likeness (QED) is 0.669. The van der Waals surface area contributed by atoms with Gasteiger partial charge in [-0.1, -0.05) is 24.3 Å². The number of pyridine rings is 1. The molecule has 0 saturated carbocycles. The molecule has 3 rings (SSSR count). The highest BCUT2D eigenvalue weighted by Gasteiger charge is 2.10. The zero-order valence-corrected chi connectivity index (χ0v) is 13.0. The van der Waals surface area contributed by atoms with Crippen LogP contribution in [0.3, 0.4) is 0 Å². The van der Waals surface area contributed by atoms with Crippen LogP contribution < -0.4 is 22.3 Å². The fourth-order valence-electron chi connectivity index (χ4n) is 2.31. The smallest absolute Gasteiger partial charge is 0.290 e. The molecule has 0 aliphatic rings. The lowest BCUT2D eigenvalue weighted by Crippen LogP contribution is -3.00. The van der Waals surface area contributed by atoms with E-state index in [-0.39, 0.29) is 24.9 Å². The number of benzene rings is 2. The Morgan fingerprint density at radius 2 is 1.87 bits per heavy atom. The molecule has 0 atom stereocenters. The number of rotatable bonds is 3. The molecule has 23 heavy (non-hydrogen) atoms. The predicted octanol–water partition coefficient (Wildman–Crippen LogP) is -0.358. The highest BCUT2D eigenvalue weighted by Crippen LogP contribution is 2.11. The third kappa shape index (κ3) is 4.06. The number of nitriles is 1. The Morgan fingerprint density at radius 1 is 1.09 bits per heavy atom. The van der Waals surface area contributed by atoms with Gasteiger partial charge in [-0.05, 0) is 29.7 Å². The van der Waals surface area contributed by atoms with Crippen LogP contribution in [0.15, 0.2) is 67.0 Å². The first-order valence-corrected chi connectivity index (χ1v) is 6.92. The number of hydrogen-bond donors (Lipinski definition) is 1. The van der Waals surface area contributed by atoms with Gasteiger partial charge in [-0.2, -0.15) is 9.83 Å². The van der Waals surface area contributed by atoms with Crippen molar-refractivity contribution in [3.63, 3.8) is 0 Å². The Bertz CT molecular complexity index is 887. The van der Waals surface area contributed by atoms with Crippen LogP contribution in [-0.2, 0) is 11.3 Å². The third-order valence-corrected chi connectivity index (χ3v) is 3.35. The molecule has 2 aromatic carbocycles. The summed E-state index contributed by atoms with van der Waals surface area (Å²) in [5.41, 5.74) is 1.15. The van der Waals surface area contributed by atoms with Crippen molar-refractivity contribution >= 4 is 22.4 Å². The van der Waals surface area contributed by atoms with Gasteiger partial charge in [0.25, 0.3) is 5.91 Å². The molecule has 0 fully saturated rings. The van der Waals surface area contributed by atoms with Crippen molar-refractivity contribution in [2.24, 2.45) is 0 Å². The minimum Gasteiger partial charge on any atom is -1.00 e. The van der Waals surface area contributed by atoms with Crippen LogP contribution in [-0.4, -0.2) is 5.91 Å². The highest BCUT2D eigenvalue weighted by molar-refractivity contribution is 5.90. The Morgan fingerprint density at radius 3 is 2.65 bits per heavy atom. The number of carbonyl (C=O) groups is 1. The van der Waals surface area contributed by atoms with Crippen molar-refractivity contribution in [2.45, 2.75) is 6.54 Å². The molecule has 0 spiro atoms. The van der Waals surface area contributed by atoms with Crippen molar-refractivity contribution in [2.75, 3.05) is 5.32 Å². The van der Waals surface area contributed by atoms with Gasteiger partial charge in [-0.15, -0.1) is 0 Å². The van der Waals surface area contributed by atoms with Crippen LogP contribution in [0.4, 0.5) is 5.69 Å². The standard InChI is InChI=1S/C18H13N3O.ClH/c19-11-14-4-3-7-17(10-14)20-18(22)13-21-9-8-15-5-1-2-6-16(15)12-21;/h1-10,12H,13H2;1H. The van der Waals surface area contributed by atoms with E-state index in [4.69, 9.17) is 5.26 Å². The third-order valence-electron chi connectivity index (χ3n) is 3.35. The Kier molecular flexibility index (Phi) is 5.29. The molecular weight excluding hydrogens is 310 g/mol. The first-order valence-electron chi connectivity index (χ1n) is 6.92. The van der Waals surface area contributed by atoms with E-state index >= 15 is 0 Å². The van der Waals surface area contributed by atoms with E-state index in [0.717, 1.165) is 10.8 Å². The van der Waals surface area contributed by atoms with E-state index in [0.29, 0.717) is 11.3 Å². The summed E-state index contributed by atoms with van der Waals surface area (Å²) in [5, 5.41) is 13.9. The Balaban J connectivity index is 0.00000192. The van der Waals surface area contributed by atoms with Crippen LogP contribution in [0, 0.1) is 11.3 Å². The lowest BCUT2D eigenvalue weighted by molar-refractivity contribution is -0.682. The van der Waals surface area contributed by atoms with E-state index in [9.17, 15) is 4.79 Å². The van der Waals surface area contributed by atoms with E-state index in [2.05, 4.69) is 11.4 Å². The van der Waals surface area contributed by atoms with Gasteiger partial charge in [-0.3, -0.25) is 4.79 Å². The van der Waals surface area contributed by atoms with Gasteiger partial charge >= 0.3 is 0 Å². The van der Waals surface area contributed by atoms with Gasteiger partial charge in [-0.25, -0.2) is 0 Å². The second-order valence-electron chi connectivity index (χ2n) is 4.99. The number of carbonyl (C=O) groups excluding carboxylic acids is 1. The summed E-state index contributed by atoms with van der Waals surface area (Å²) in [6, 6.07) is 18.9. The number of nitrogens with one attached hydrogen (secondary N) is 1. The SMILES string of the molecule is N#Cc1cccc(NC(=O)C[n+]2ccc3ccccc3c2)c1.[Cl-]. The summed E-state index contributed by atoms with van der Waals surface area (Å²) in [6.45, 7) is 0.224. The lowest BCUT2D eigenvalue weighted by Gasteiger charge is -2.03. The van der Waals surface area contributed by atoms with Gasteiger partial charge in [0.1, 0.15) is 0 Å². The number of nitrogens with zero attached hydrogens (tertiary/aromatic N) is 2. The maximum absolute atomic E-state index is 12.1. The number of fused-ring (bicyclic) bond motifs is 1. The van der Waals surface area contributed by atoms with Crippen molar-refractivity contribution in [1.29, 1.82) is 5.26 Å². The Labute approximate surface area is 140 Å². The summed E-state index contributed by atoms with van der Waals surface area (Å²) in [7, 11) is 0. The molecule has 1 heterocycles. The van der Waals surface area contributed by atoms with Crippen LogP contribution in [0.5, 0.6) is 0 Å². The number of anilines is 1. The van der Waals surface area contributed by atoms with Crippen molar-refractivity contribution in [3.05, 3.63) is 72.6 Å². The van der Waals surface area contributed by atoms with Gasteiger partial charge < -0.3 is 17.7 Å². The Hall–Kier alpha value is -2.90. The van der Waals surface area contributed by atoms with Gasteiger partial charge in [0.05, 0.1) is 11.6 Å². The molecule has 4 nitrogen and oxygen atoms in total. The topological polar surface area (TPSA) is 56.8 Å². The summed E-state index contributed by atoms with van der Waals surface area (Å²) in [6.07, 6.45) is 3.83. The lowest BCUT2D eigenvalue weighted by atomic mass is 10.2. The van der Waals surface area contributed by atoms with Crippen LogP contribution in [0.25, 0.3) is 10.8 Å². The van der Waals surface area contributed by atoms with E-state index in [1.165, 1.54) is 0 Å². The monoisotopic (exact) mass is 323 g/mol. The average molecular weight is 324 g/mol. The summed E-state index contributed by atoms with van der Waals surface area (Å²) < 4.78 is 1.84. The van der Waals surface area contributed by atoms with Gasteiger partial charge in [0.15, 0.2) is 12.4 Å². The van der Waals surface area contributed by atoms with E-state index in [1.54, 1.807) is 24.3 Å². The van der Waals surface area contributed by atoms with Crippen molar-refractivity contribution in [3.8, 4) is 6.07 Å². The summed E-state index contributed by atoms with van der Waals surface area (Å²) in [5.74, 6) is -0.129. The first kappa shape index (κ1) is 16.5. The molecule has 0 aliphatic heterocycles. The number of aromatic nitrogens is 1. The van der Waals surface area contributed by atoms with E-state index < -0.39 is 0 Å². The minimum atomic E-state index is -0.129. The largest absolute Gasteiger partial charge is 1.00 e. The van der Waals surface area contributed by atoms with Crippen molar-refractivity contribution < 1.29 is 21.8 Å².